The van der Waals surface area contributed by atoms with Gasteiger partial charge in [0.1, 0.15) is 0 Å². The summed E-state index contributed by atoms with van der Waals surface area (Å²) in [4.78, 5) is 13.6. The zero-order valence-electron chi connectivity index (χ0n) is 14.7. The molecule has 6 nitrogen and oxygen atoms in total. The molecule has 1 aromatic rings. The summed E-state index contributed by atoms with van der Waals surface area (Å²) in [6, 6.07) is 2.79. The molecule has 1 aliphatic rings. The first-order chi connectivity index (χ1) is 11.1. The topological polar surface area (TPSA) is 77.9 Å². The standard InChI is InChI=1S/C17H26N2O4S/c1-12(2)11-18-5-7-19(8-6-18)24(22,23)16-10-15(17(20)21)9-13(3)14(16)4/h9-10,12H,5-8,11H2,1-4H3,(H,20,21). The monoisotopic (exact) mass is 354 g/mol. The number of nitrogens with zero attached hydrogens (tertiary/aromatic N) is 2. The second-order valence-corrected chi connectivity index (χ2v) is 8.73. The summed E-state index contributed by atoms with van der Waals surface area (Å²) >= 11 is 0. The molecule has 134 valence electrons. The van der Waals surface area contributed by atoms with Crippen LogP contribution in [0, 0.1) is 19.8 Å². The number of carboxylic acids is 1. The van der Waals surface area contributed by atoms with E-state index in [2.05, 4.69) is 18.7 Å². The number of hydrogen-bond donors (Lipinski definition) is 1. The number of hydrogen-bond acceptors (Lipinski definition) is 4. The normalized spacial score (nSPS) is 17.4. The third kappa shape index (κ3) is 3.96. The highest BCUT2D eigenvalue weighted by Gasteiger charge is 2.30. The molecule has 2 rings (SSSR count). The third-order valence-corrected chi connectivity index (χ3v) is 6.46. The highest BCUT2D eigenvalue weighted by molar-refractivity contribution is 7.89. The van der Waals surface area contributed by atoms with Gasteiger partial charge in [-0.15, -0.1) is 0 Å². The van der Waals surface area contributed by atoms with Crippen LogP contribution in [0.25, 0.3) is 0 Å². The van der Waals surface area contributed by atoms with Crippen LogP contribution in [-0.2, 0) is 10.0 Å². The zero-order chi connectivity index (χ0) is 18.1. The van der Waals surface area contributed by atoms with Gasteiger partial charge in [-0.05, 0) is 43.0 Å². The number of rotatable bonds is 5. The Hall–Kier alpha value is -1.44. The number of carboxylic acid groups (broad SMARTS) is 1. The van der Waals surface area contributed by atoms with E-state index in [1.165, 1.54) is 16.4 Å². The number of sulfonamides is 1. The average Bonchev–Trinajstić information content (AvgIpc) is 2.49. The Morgan fingerprint density at radius 1 is 1.17 bits per heavy atom. The summed E-state index contributed by atoms with van der Waals surface area (Å²) in [7, 11) is -3.68. The van der Waals surface area contributed by atoms with Crippen LogP contribution in [0.1, 0.15) is 35.3 Å². The lowest BCUT2D eigenvalue weighted by Crippen LogP contribution is -2.49. The number of carbonyl (C=O) groups is 1. The van der Waals surface area contributed by atoms with Gasteiger partial charge >= 0.3 is 5.97 Å². The fourth-order valence-electron chi connectivity index (χ4n) is 3.03. The fraction of sp³-hybridized carbons (Fsp3) is 0.588. The molecule has 0 spiro atoms. The van der Waals surface area contributed by atoms with Crippen LogP contribution < -0.4 is 0 Å². The van der Waals surface area contributed by atoms with E-state index in [4.69, 9.17) is 0 Å². The molecule has 0 radical (unpaired) electrons. The maximum Gasteiger partial charge on any atom is 0.335 e. The molecule has 1 aliphatic heterocycles. The van der Waals surface area contributed by atoms with Gasteiger partial charge < -0.3 is 10.0 Å². The van der Waals surface area contributed by atoms with E-state index in [-0.39, 0.29) is 10.5 Å². The van der Waals surface area contributed by atoms with Crippen LogP contribution in [0.15, 0.2) is 17.0 Å². The van der Waals surface area contributed by atoms with Crippen molar-refractivity contribution in [3.63, 3.8) is 0 Å². The minimum atomic E-state index is -3.68. The Kier molecular flexibility index (Phi) is 5.67. The van der Waals surface area contributed by atoms with Gasteiger partial charge in [0.25, 0.3) is 0 Å². The van der Waals surface area contributed by atoms with Crippen LogP contribution in [0.4, 0.5) is 0 Å². The van der Waals surface area contributed by atoms with Crippen LogP contribution in [0.2, 0.25) is 0 Å². The predicted octanol–water partition coefficient (Wildman–Crippen LogP) is 1.96. The first kappa shape index (κ1) is 18.9. The Balaban J connectivity index is 2.27. The van der Waals surface area contributed by atoms with Crippen molar-refractivity contribution in [2.45, 2.75) is 32.6 Å². The quantitative estimate of drug-likeness (QED) is 0.875. The molecule has 0 aliphatic carbocycles. The maximum absolute atomic E-state index is 13.0. The second-order valence-electron chi connectivity index (χ2n) is 6.82. The van der Waals surface area contributed by atoms with Gasteiger partial charge in [0.15, 0.2) is 0 Å². The maximum atomic E-state index is 13.0. The van der Waals surface area contributed by atoms with Crippen molar-refractivity contribution in [3.05, 3.63) is 28.8 Å². The van der Waals surface area contributed by atoms with Crippen LogP contribution in [0.3, 0.4) is 0 Å². The Bertz CT molecular complexity index is 720. The summed E-state index contributed by atoms with van der Waals surface area (Å²) in [5.41, 5.74) is 1.30. The second kappa shape index (κ2) is 7.21. The Morgan fingerprint density at radius 2 is 1.75 bits per heavy atom. The van der Waals surface area contributed by atoms with Crippen LogP contribution in [-0.4, -0.2) is 61.4 Å². The van der Waals surface area contributed by atoms with Crippen molar-refractivity contribution < 1.29 is 18.3 Å². The minimum absolute atomic E-state index is 0.00937. The minimum Gasteiger partial charge on any atom is -0.478 e. The molecule has 1 heterocycles. The van der Waals surface area contributed by atoms with Gasteiger partial charge in [-0.1, -0.05) is 13.8 Å². The lowest BCUT2D eigenvalue weighted by molar-refractivity contribution is 0.0696. The largest absolute Gasteiger partial charge is 0.478 e. The molecule has 1 aromatic carbocycles. The van der Waals surface area contributed by atoms with Crippen LogP contribution >= 0.6 is 0 Å². The van der Waals surface area contributed by atoms with Crippen molar-refractivity contribution in [3.8, 4) is 0 Å². The summed E-state index contributed by atoms with van der Waals surface area (Å²) in [5, 5.41) is 9.20. The molecule has 24 heavy (non-hydrogen) atoms. The van der Waals surface area contributed by atoms with Gasteiger partial charge in [0.2, 0.25) is 10.0 Å². The molecular formula is C17H26N2O4S. The molecule has 1 fully saturated rings. The number of benzene rings is 1. The zero-order valence-corrected chi connectivity index (χ0v) is 15.6. The van der Waals surface area contributed by atoms with E-state index >= 15 is 0 Å². The third-order valence-electron chi connectivity index (χ3n) is 4.44. The first-order valence-corrected chi connectivity index (χ1v) is 9.64. The predicted molar refractivity (Wildman–Crippen MR) is 92.9 cm³/mol. The molecule has 7 heteroatoms. The summed E-state index contributed by atoms with van der Waals surface area (Å²) < 4.78 is 27.4. The number of aryl methyl sites for hydroxylation is 1. The molecule has 0 aromatic heterocycles. The molecule has 0 saturated carbocycles. The summed E-state index contributed by atoms with van der Waals surface area (Å²) in [5.74, 6) is -0.568. The van der Waals surface area contributed by atoms with Crippen molar-refractivity contribution in [2.24, 2.45) is 5.92 Å². The highest BCUT2D eigenvalue weighted by atomic mass is 32.2. The molecule has 1 N–H and O–H groups in total. The van der Waals surface area contributed by atoms with Gasteiger partial charge in [-0.2, -0.15) is 4.31 Å². The molecule has 0 amide bonds. The summed E-state index contributed by atoms with van der Waals surface area (Å²) in [6.45, 7) is 11.0. The molecule has 0 bridgehead atoms. The van der Waals surface area contributed by atoms with Crippen molar-refractivity contribution in [1.29, 1.82) is 0 Å². The lowest BCUT2D eigenvalue weighted by Gasteiger charge is -2.35. The lowest BCUT2D eigenvalue weighted by atomic mass is 10.1. The van der Waals surface area contributed by atoms with Gasteiger partial charge in [-0.25, -0.2) is 13.2 Å². The number of piperazine rings is 1. The van der Waals surface area contributed by atoms with E-state index in [0.717, 1.165) is 6.54 Å². The van der Waals surface area contributed by atoms with E-state index in [9.17, 15) is 18.3 Å². The van der Waals surface area contributed by atoms with E-state index in [1.807, 2.05) is 0 Å². The SMILES string of the molecule is Cc1cc(C(=O)O)cc(S(=O)(=O)N2CCN(CC(C)C)CC2)c1C. The summed E-state index contributed by atoms with van der Waals surface area (Å²) in [6.07, 6.45) is 0. The van der Waals surface area contributed by atoms with E-state index in [1.54, 1.807) is 13.8 Å². The van der Waals surface area contributed by atoms with Crippen LogP contribution in [0.5, 0.6) is 0 Å². The van der Waals surface area contributed by atoms with Crippen molar-refractivity contribution in [1.82, 2.24) is 9.21 Å². The molecule has 0 unspecified atom stereocenters. The smallest absolute Gasteiger partial charge is 0.335 e. The van der Waals surface area contributed by atoms with Crippen molar-refractivity contribution in [2.75, 3.05) is 32.7 Å². The van der Waals surface area contributed by atoms with Gasteiger partial charge in [-0.3, -0.25) is 0 Å². The fourth-order valence-corrected chi connectivity index (χ4v) is 4.77. The Morgan fingerprint density at radius 3 is 2.25 bits per heavy atom. The highest BCUT2D eigenvalue weighted by Crippen LogP contribution is 2.25. The number of aromatic carboxylic acids is 1. The molecular weight excluding hydrogens is 328 g/mol. The average molecular weight is 354 g/mol. The Labute approximate surface area is 144 Å². The van der Waals surface area contributed by atoms with Crippen molar-refractivity contribution >= 4 is 16.0 Å². The van der Waals surface area contributed by atoms with E-state index in [0.29, 0.717) is 43.2 Å². The molecule has 0 atom stereocenters. The van der Waals surface area contributed by atoms with Gasteiger partial charge in [0, 0.05) is 32.7 Å². The van der Waals surface area contributed by atoms with Gasteiger partial charge in [0.05, 0.1) is 10.5 Å². The molecule has 1 saturated heterocycles. The first-order valence-electron chi connectivity index (χ1n) is 8.20. The van der Waals surface area contributed by atoms with E-state index < -0.39 is 16.0 Å².